The summed E-state index contributed by atoms with van der Waals surface area (Å²) >= 11 is 0. The zero-order valence-corrected chi connectivity index (χ0v) is 20.0. The second kappa shape index (κ2) is 8.98. The minimum absolute atomic E-state index is 0.582. The summed E-state index contributed by atoms with van der Waals surface area (Å²) in [5.41, 5.74) is 8.80. The molecule has 172 valence electrons. The Hall–Kier alpha value is -4.60. The van der Waals surface area contributed by atoms with Crippen LogP contribution in [0.1, 0.15) is 28.5 Å². The van der Waals surface area contributed by atoms with Gasteiger partial charge < -0.3 is 0 Å². The fourth-order valence-electron chi connectivity index (χ4n) is 3.59. The van der Waals surface area contributed by atoms with Crippen LogP contribution in [-0.2, 0) is 0 Å². The van der Waals surface area contributed by atoms with E-state index in [-0.39, 0.29) is 0 Å². The number of hydrogen-bond donors (Lipinski definition) is 0. The lowest BCUT2D eigenvalue weighted by Gasteiger charge is -2.11. The lowest BCUT2D eigenvalue weighted by Crippen LogP contribution is -2.04. The van der Waals surface area contributed by atoms with Gasteiger partial charge in [-0.3, -0.25) is 34.9 Å². The number of aromatic nitrogens is 10. The van der Waals surface area contributed by atoms with Crippen molar-refractivity contribution in [3.8, 4) is 45.6 Å². The number of hydrogen-bond acceptors (Lipinski definition) is 10. The van der Waals surface area contributed by atoms with Crippen molar-refractivity contribution < 1.29 is 0 Å². The third-order valence-corrected chi connectivity index (χ3v) is 5.50. The normalized spacial score (nSPS) is 11.0. The molecule has 0 spiro atoms. The summed E-state index contributed by atoms with van der Waals surface area (Å²) < 4.78 is 0. The predicted molar refractivity (Wildman–Crippen MR) is 130 cm³/mol. The molecular weight excluding hydrogens is 440 g/mol. The van der Waals surface area contributed by atoms with Gasteiger partial charge in [-0.2, -0.15) is 0 Å². The largest absolute Gasteiger partial charge is 0.258 e. The Bertz CT molecular complexity index is 1550. The van der Waals surface area contributed by atoms with E-state index in [1.165, 1.54) is 0 Å². The van der Waals surface area contributed by atoms with Crippen LogP contribution in [0.3, 0.4) is 0 Å². The van der Waals surface area contributed by atoms with E-state index >= 15 is 0 Å². The zero-order chi connectivity index (χ0) is 24.5. The van der Waals surface area contributed by atoms with Crippen LogP contribution in [0.25, 0.3) is 45.6 Å². The topological polar surface area (TPSA) is 129 Å². The van der Waals surface area contributed by atoms with Crippen molar-refractivity contribution in [3.05, 3.63) is 71.8 Å². The van der Waals surface area contributed by atoms with Crippen LogP contribution in [0.15, 0.2) is 43.4 Å². The smallest absolute Gasteiger partial charge is 0.112 e. The highest BCUT2D eigenvalue weighted by Crippen LogP contribution is 2.27. The van der Waals surface area contributed by atoms with Gasteiger partial charge in [-0.1, -0.05) is 0 Å². The minimum atomic E-state index is 0.582. The average molecular weight is 463 g/mol. The lowest BCUT2D eigenvalue weighted by molar-refractivity contribution is 1.04. The number of rotatable bonds is 4. The third kappa shape index (κ3) is 4.33. The molecule has 0 fully saturated rings. The molecule has 5 rings (SSSR count). The van der Waals surface area contributed by atoms with Gasteiger partial charge in [0.25, 0.3) is 0 Å². The first kappa shape index (κ1) is 22.2. The Balaban J connectivity index is 1.61. The molecule has 0 atom stereocenters. The fourth-order valence-corrected chi connectivity index (χ4v) is 3.59. The summed E-state index contributed by atoms with van der Waals surface area (Å²) in [6.07, 6.45) is 11.8. The van der Waals surface area contributed by atoms with Crippen LogP contribution in [-0.4, -0.2) is 49.8 Å². The monoisotopic (exact) mass is 462 g/mol. The van der Waals surface area contributed by atoms with Crippen LogP contribution < -0.4 is 0 Å². The summed E-state index contributed by atoms with van der Waals surface area (Å²) in [5.74, 6) is 0. The maximum Gasteiger partial charge on any atom is 0.112 e. The van der Waals surface area contributed by atoms with E-state index in [1.54, 1.807) is 43.4 Å². The summed E-state index contributed by atoms with van der Waals surface area (Å²) in [4.78, 5) is 45.6. The second-order valence-corrected chi connectivity index (χ2v) is 8.10. The van der Waals surface area contributed by atoms with Crippen LogP contribution in [0, 0.1) is 34.6 Å². The third-order valence-electron chi connectivity index (χ3n) is 5.50. The van der Waals surface area contributed by atoms with E-state index in [1.807, 2.05) is 34.6 Å². The first-order valence-corrected chi connectivity index (χ1v) is 11.0. The summed E-state index contributed by atoms with van der Waals surface area (Å²) in [6.45, 7) is 9.44. The molecule has 0 aliphatic rings. The van der Waals surface area contributed by atoms with Crippen molar-refractivity contribution in [1.82, 2.24) is 49.8 Å². The molecule has 0 bridgehead atoms. The molecule has 10 heteroatoms. The molecule has 0 unspecified atom stereocenters. The van der Waals surface area contributed by atoms with Crippen molar-refractivity contribution in [2.75, 3.05) is 0 Å². The van der Waals surface area contributed by atoms with Crippen LogP contribution in [0.2, 0.25) is 0 Å². The van der Waals surface area contributed by atoms with E-state index in [0.717, 1.165) is 28.5 Å². The van der Waals surface area contributed by atoms with Crippen LogP contribution in [0.5, 0.6) is 0 Å². The van der Waals surface area contributed by atoms with E-state index in [0.29, 0.717) is 45.6 Å². The maximum atomic E-state index is 4.87. The Morgan fingerprint density at radius 3 is 1.29 bits per heavy atom. The quantitative estimate of drug-likeness (QED) is 0.388. The van der Waals surface area contributed by atoms with Gasteiger partial charge in [0.2, 0.25) is 0 Å². The maximum absolute atomic E-state index is 4.87. The minimum Gasteiger partial charge on any atom is -0.258 e. The molecule has 5 aromatic heterocycles. The van der Waals surface area contributed by atoms with Crippen molar-refractivity contribution in [2.45, 2.75) is 34.6 Å². The molecule has 0 saturated carbocycles. The molecule has 0 aliphatic carbocycles. The molecular formula is C25H22N10. The highest BCUT2D eigenvalue weighted by molar-refractivity contribution is 5.68. The van der Waals surface area contributed by atoms with Gasteiger partial charge in [-0.15, -0.1) is 0 Å². The molecule has 35 heavy (non-hydrogen) atoms. The SMILES string of the molecule is Cc1cnc(-c2nc(-c3nc(-c4nc(-c5nccnc5C)cnc4C)cnc3C)cnc2C)cn1. The molecule has 5 aromatic rings. The summed E-state index contributed by atoms with van der Waals surface area (Å²) in [5, 5.41) is 0. The first-order valence-electron chi connectivity index (χ1n) is 11.0. The predicted octanol–water partition coefficient (Wildman–Crippen LogP) is 3.85. The standard InChI is InChI=1S/C25H22N10/c1-13-8-32-18(9-28-13)23-15(3)30-11-20(34-23)25-17(5)31-12-21(35-25)24-16(4)29-10-19(33-24)22-14(2)26-6-7-27-22/h6-12H,1-5H3. The van der Waals surface area contributed by atoms with Gasteiger partial charge in [-0.25, -0.2) is 15.0 Å². The summed E-state index contributed by atoms with van der Waals surface area (Å²) in [6, 6.07) is 0. The first-order chi connectivity index (χ1) is 16.9. The van der Waals surface area contributed by atoms with E-state index in [4.69, 9.17) is 15.0 Å². The lowest BCUT2D eigenvalue weighted by atomic mass is 10.1. The second-order valence-electron chi connectivity index (χ2n) is 8.10. The molecule has 0 N–H and O–H groups in total. The Kier molecular flexibility index (Phi) is 5.69. The molecule has 0 saturated heterocycles. The zero-order valence-electron chi connectivity index (χ0n) is 20.0. The average Bonchev–Trinajstić information content (AvgIpc) is 2.86. The van der Waals surface area contributed by atoms with Crippen LogP contribution >= 0.6 is 0 Å². The van der Waals surface area contributed by atoms with Crippen molar-refractivity contribution in [3.63, 3.8) is 0 Å². The van der Waals surface area contributed by atoms with Crippen molar-refractivity contribution in [2.24, 2.45) is 0 Å². The number of nitrogens with zero attached hydrogens (tertiary/aromatic N) is 10. The van der Waals surface area contributed by atoms with Gasteiger partial charge in [0, 0.05) is 18.6 Å². The summed E-state index contributed by atoms with van der Waals surface area (Å²) in [7, 11) is 0. The highest BCUT2D eigenvalue weighted by atomic mass is 14.9. The van der Waals surface area contributed by atoms with Crippen molar-refractivity contribution in [1.29, 1.82) is 0 Å². The van der Waals surface area contributed by atoms with Gasteiger partial charge in [-0.05, 0) is 34.6 Å². The molecule has 0 radical (unpaired) electrons. The molecule has 0 aliphatic heterocycles. The Morgan fingerprint density at radius 1 is 0.371 bits per heavy atom. The van der Waals surface area contributed by atoms with E-state index < -0.39 is 0 Å². The molecule has 0 aromatic carbocycles. The number of aryl methyl sites for hydroxylation is 5. The van der Waals surface area contributed by atoms with Gasteiger partial charge in [0.05, 0.1) is 53.3 Å². The molecule has 5 heterocycles. The fraction of sp³-hybridized carbons (Fsp3) is 0.200. The Morgan fingerprint density at radius 2 is 0.800 bits per heavy atom. The van der Waals surface area contributed by atoms with Gasteiger partial charge in [0.1, 0.15) is 45.6 Å². The van der Waals surface area contributed by atoms with Crippen molar-refractivity contribution >= 4 is 0 Å². The van der Waals surface area contributed by atoms with E-state index in [2.05, 4.69) is 34.9 Å². The van der Waals surface area contributed by atoms with Crippen LogP contribution in [0.4, 0.5) is 0 Å². The Labute approximate surface area is 202 Å². The van der Waals surface area contributed by atoms with E-state index in [9.17, 15) is 0 Å². The molecule has 10 nitrogen and oxygen atoms in total. The van der Waals surface area contributed by atoms with Gasteiger partial charge >= 0.3 is 0 Å². The highest BCUT2D eigenvalue weighted by Gasteiger charge is 2.17. The molecule has 0 amide bonds. The van der Waals surface area contributed by atoms with Gasteiger partial charge in [0.15, 0.2) is 0 Å².